The SMILES string of the molecule is CCCCC/C=C\C/C=C\CCCCCCCC(O)CC(=O)NC(COP(=O)(O)OCCN)C(O)/C=C/CC/C=C/CCCCCCCC. The first-order chi connectivity index (χ1) is 23.8. The number of aliphatic hydroxyl groups excluding tert-OH is 2. The van der Waals surface area contributed by atoms with E-state index in [1.54, 1.807) is 6.08 Å². The van der Waals surface area contributed by atoms with Gasteiger partial charge in [0.15, 0.2) is 0 Å². The van der Waals surface area contributed by atoms with Gasteiger partial charge < -0.3 is 26.2 Å². The Morgan fingerprint density at radius 3 is 1.86 bits per heavy atom. The van der Waals surface area contributed by atoms with Gasteiger partial charge in [-0.3, -0.25) is 13.8 Å². The molecule has 0 saturated heterocycles. The molecule has 0 rings (SSSR count). The highest BCUT2D eigenvalue weighted by atomic mass is 31.2. The molecule has 0 saturated carbocycles. The van der Waals surface area contributed by atoms with Crippen LogP contribution in [-0.2, 0) is 18.4 Å². The molecule has 0 radical (unpaired) electrons. The molecule has 0 aromatic heterocycles. The molecule has 0 aliphatic rings. The summed E-state index contributed by atoms with van der Waals surface area (Å²) in [6.45, 7) is 3.87. The van der Waals surface area contributed by atoms with Crippen LogP contribution in [0.25, 0.3) is 0 Å². The van der Waals surface area contributed by atoms with Crippen LogP contribution in [0.5, 0.6) is 0 Å². The Morgan fingerprint density at radius 2 is 1.22 bits per heavy atom. The van der Waals surface area contributed by atoms with Gasteiger partial charge in [-0.25, -0.2) is 4.57 Å². The Kier molecular flexibility index (Phi) is 33.7. The van der Waals surface area contributed by atoms with Gasteiger partial charge in [-0.15, -0.1) is 0 Å². The third-order valence-corrected chi connectivity index (χ3v) is 9.17. The van der Waals surface area contributed by atoms with Gasteiger partial charge in [-0.2, -0.15) is 0 Å². The van der Waals surface area contributed by atoms with E-state index in [1.807, 2.05) is 6.08 Å². The normalized spacial score (nSPS) is 15.5. The Hall–Kier alpha value is -1.58. The van der Waals surface area contributed by atoms with Gasteiger partial charge in [-0.05, 0) is 64.2 Å². The monoisotopic (exact) mass is 713 g/mol. The van der Waals surface area contributed by atoms with E-state index >= 15 is 0 Å². The van der Waals surface area contributed by atoms with Crippen molar-refractivity contribution in [2.24, 2.45) is 5.73 Å². The molecule has 0 aliphatic heterocycles. The highest BCUT2D eigenvalue weighted by Gasteiger charge is 2.27. The topological polar surface area (TPSA) is 151 Å². The Morgan fingerprint density at radius 1 is 0.714 bits per heavy atom. The summed E-state index contributed by atoms with van der Waals surface area (Å²) < 4.78 is 22.0. The van der Waals surface area contributed by atoms with Gasteiger partial charge >= 0.3 is 7.82 Å². The number of carbonyl (C=O) groups excluding carboxylic acids is 1. The number of allylic oxidation sites excluding steroid dienone is 7. The number of phosphoric ester groups is 1. The third kappa shape index (κ3) is 33.3. The first kappa shape index (κ1) is 47.4. The smallest absolute Gasteiger partial charge is 0.393 e. The summed E-state index contributed by atoms with van der Waals surface area (Å²) in [5, 5.41) is 23.9. The number of rotatable bonds is 35. The molecule has 10 heteroatoms. The average molecular weight is 713 g/mol. The van der Waals surface area contributed by atoms with Crippen molar-refractivity contribution in [1.29, 1.82) is 0 Å². The zero-order valence-corrected chi connectivity index (χ0v) is 31.9. The van der Waals surface area contributed by atoms with E-state index in [2.05, 4.69) is 55.6 Å². The fraction of sp³-hybridized carbons (Fsp3) is 0.769. The molecule has 0 bridgehead atoms. The van der Waals surface area contributed by atoms with Crippen LogP contribution in [-0.4, -0.2) is 59.0 Å². The zero-order chi connectivity index (χ0) is 36.3. The van der Waals surface area contributed by atoms with E-state index in [0.29, 0.717) is 12.8 Å². The van der Waals surface area contributed by atoms with E-state index < -0.39 is 38.6 Å². The molecule has 286 valence electrons. The first-order valence-electron chi connectivity index (χ1n) is 19.3. The fourth-order valence-corrected chi connectivity index (χ4v) is 5.98. The molecule has 0 heterocycles. The predicted octanol–water partition coefficient (Wildman–Crippen LogP) is 9.13. The summed E-state index contributed by atoms with van der Waals surface area (Å²) in [7, 11) is -4.40. The zero-order valence-electron chi connectivity index (χ0n) is 31.0. The quantitative estimate of drug-likeness (QED) is 0.0248. The molecule has 0 spiro atoms. The maximum absolute atomic E-state index is 12.7. The lowest BCUT2D eigenvalue weighted by molar-refractivity contribution is -0.124. The van der Waals surface area contributed by atoms with E-state index in [1.165, 1.54) is 64.2 Å². The Balaban J connectivity index is 4.48. The summed E-state index contributed by atoms with van der Waals surface area (Å²) in [6.07, 6.45) is 37.7. The van der Waals surface area contributed by atoms with Gasteiger partial charge in [0.05, 0.1) is 37.9 Å². The van der Waals surface area contributed by atoms with Gasteiger partial charge in [0.2, 0.25) is 5.91 Å². The number of hydrogen-bond donors (Lipinski definition) is 5. The van der Waals surface area contributed by atoms with Gasteiger partial charge in [0.25, 0.3) is 0 Å². The molecule has 1 amide bonds. The van der Waals surface area contributed by atoms with Gasteiger partial charge in [0.1, 0.15) is 0 Å². The second kappa shape index (κ2) is 34.9. The summed E-state index contributed by atoms with van der Waals surface area (Å²) in [4.78, 5) is 22.6. The number of nitrogens with one attached hydrogen (secondary N) is 1. The van der Waals surface area contributed by atoms with Crippen molar-refractivity contribution in [1.82, 2.24) is 5.32 Å². The van der Waals surface area contributed by atoms with Crippen molar-refractivity contribution < 1.29 is 33.5 Å². The van der Waals surface area contributed by atoms with E-state index in [-0.39, 0.29) is 19.6 Å². The number of amides is 1. The number of carbonyl (C=O) groups is 1. The second-order valence-electron chi connectivity index (χ2n) is 13.0. The molecule has 6 N–H and O–H groups in total. The van der Waals surface area contributed by atoms with Crippen LogP contribution in [0.2, 0.25) is 0 Å². The van der Waals surface area contributed by atoms with Crippen molar-refractivity contribution in [3.8, 4) is 0 Å². The van der Waals surface area contributed by atoms with E-state index in [9.17, 15) is 24.5 Å². The molecule has 49 heavy (non-hydrogen) atoms. The summed E-state index contributed by atoms with van der Waals surface area (Å²) in [5.41, 5.74) is 5.34. The standard InChI is InChI=1S/C39H73N2O7P/c1-3-5-7-9-11-13-15-17-18-19-20-22-24-26-28-30-36(42)34-39(44)41-37(35-48-49(45,46)47-33-32-40)38(43)31-29-27-25-23-21-16-14-12-10-8-6-4-2/h11,13,17-18,21,23,29,31,36-38,42-43H,3-10,12,14-16,19-20,22,24-28,30,32-35,40H2,1-2H3,(H,41,44)(H,45,46)/b13-11-,18-17-,23-21+,31-29+. The van der Waals surface area contributed by atoms with Crippen LogP contribution >= 0.6 is 7.82 Å². The summed E-state index contributed by atoms with van der Waals surface area (Å²) >= 11 is 0. The van der Waals surface area contributed by atoms with Gasteiger partial charge in [-0.1, -0.05) is 133 Å². The minimum Gasteiger partial charge on any atom is -0.393 e. The lowest BCUT2D eigenvalue weighted by Gasteiger charge is -2.24. The van der Waals surface area contributed by atoms with E-state index in [4.69, 9.17) is 14.8 Å². The summed E-state index contributed by atoms with van der Waals surface area (Å²) in [6, 6.07) is -1.00. The maximum Gasteiger partial charge on any atom is 0.472 e. The molecule has 9 nitrogen and oxygen atoms in total. The van der Waals surface area contributed by atoms with Crippen LogP contribution in [0.4, 0.5) is 0 Å². The highest BCUT2D eigenvalue weighted by Crippen LogP contribution is 2.43. The van der Waals surface area contributed by atoms with Gasteiger partial charge in [0, 0.05) is 6.54 Å². The second-order valence-corrected chi connectivity index (χ2v) is 14.4. The number of aliphatic hydroxyl groups is 2. The van der Waals surface area contributed by atoms with Crippen LogP contribution in [0.3, 0.4) is 0 Å². The summed E-state index contributed by atoms with van der Waals surface area (Å²) in [5.74, 6) is -0.468. The third-order valence-electron chi connectivity index (χ3n) is 8.18. The first-order valence-corrected chi connectivity index (χ1v) is 20.8. The van der Waals surface area contributed by atoms with Crippen LogP contribution in [0, 0.1) is 0 Å². The predicted molar refractivity (Wildman–Crippen MR) is 204 cm³/mol. The number of nitrogens with two attached hydrogens (primary N) is 1. The molecule has 0 aromatic rings. The van der Waals surface area contributed by atoms with Crippen LogP contribution < -0.4 is 11.1 Å². The van der Waals surface area contributed by atoms with Crippen molar-refractivity contribution in [3.63, 3.8) is 0 Å². The molecule has 0 aliphatic carbocycles. The maximum atomic E-state index is 12.7. The Bertz CT molecular complexity index is 925. The highest BCUT2D eigenvalue weighted by molar-refractivity contribution is 7.47. The van der Waals surface area contributed by atoms with Crippen LogP contribution in [0.15, 0.2) is 48.6 Å². The Labute approximate surface area is 299 Å². The molecule has 0 aromatic carbocycles. The fourth-order valence-electron chi connectivity index (χ4n) is 5.22. The number of hydrogen-bond acceptors (Lipinski definition) is 7. The van der Waals surface area contributed by atoms with Crippen molar-refractivity contribution in [2.45, 2.75) is 173 Å². The minimum atomic E-state index is -4.40. The molecular formula is C39H73N2O7P. The number of phosphoric acid groups is 1. The van der Waals surface area contributed by atoms with Crippen molar-refractivity contribution in [2.75, 3.05) is 19.8 Å². The molecular weight excluding hydrogens is 639 g/mol. The lowest BCUT2D eigenvalue weighted by Crippen LogP contribution is -2.46. The molecule has 0 fully saturated rings. The molecule has 4 atom stereocenters. The molecule has 4 unspecified atom stereocenters. The number of unbranched alkanes of at least 4 members (excludes halogenated alkanes) is 15. The average Bonchev–Trinajstić information content (AvgIpc) is 3.07. The van der Waals surface area contributed by atoms with Crippen molar-refractivity contribution in [3.05, 3.63) is 48.6 Å². The largest absolute Gasteiger partial charge is 0.472 e. The van der Waals surface area contributed by atoms with Crippen molar-refractivity contribution >= 4 is 13.7 Å². The van der Waals surface area contributed by atoms with Crippen LogP contribution in [0.1, 0.15) is 155 Å². The lowest BCUT2D eigenvalue weighted by atomic mass is 10.0. The van der Waals surface area contributed by atoms with E-state index in [0.717, 1.165) is 57.8 Å². The minimum absolute atomic E-state index is 0.0411.